The molecule has 0 saturated carbocycles. The first-order valence-corrected chi connectivity index (χ1v) is 9.21. The van der Waals surface area contributed by atoms with E-state index in [1.54, 1.807) is 11.8 Å². The summed E-state index contributed by atoms with van der Waals surface area (Å²) >= 11 is 1.64. The highest BCUT2D eigenvalue weighted by Crippen LogP contribution is 2.28. The SMILES string of the molecule is CSc1ccc(C(=O)Nc2cc(-c3ccc(C)cc3)ccc2N)cc1. The van der Waals surface area contributed by atoms with Crippen LogP contribution in [0.3, 0.4) is 0 Å². The molecule has 3 aromatic carbocycles. The molecule has 0 unspecified atom stereocenters. The number of benzene rings is 3. The maximum absolute atomic E-state index is 12.5. The van der Waals surface area contributed by atoms with Crippen LogP contribution < -0.4 is 11.1 Å². The van der Waals surface area contributed by atoms with E-state index < -0.39 is 0 Å². The van der Waals surface area contributed by atoms with Crippen molar-refractivity contribution in [3.05, 3.63) is 77.9 Å². The van der Waals surface area contributed by atoms with E-state index in [-0.39, 0.29) is 5.91 Å². The first-order chi connectivity index (χ1) is 12.1. The third-order valence-electron chi connectivity index (χ3n) is 4.04. The number of carbonyl (C=O) groups is 1. The van der Waals surface area contributed by atoms with Gasteiger partial charge in [-0.2, -0.15) is 0 Å². The van der Waals surface area contributed by atoms with Crippen molar-refractivity contribution < 1.29 is 4.79 Å². The fourth-order valence-corrected chi connectivity index (χ4v) is 2.94. The van der Waals surface area contributed by atoms with Crippen LogP contribution in [0.5, 0.6) is 0 Å². The number of nitrogen functional groups attached to an aromatic ring is 1. The van der Waals surface area contributed by atoms with E-state index in [4.69, 9.17) is 5.73 Å². The standard InChI is InChI=1S/C21H20N2OS/c1-14-3-5-15(6-4-14)17-9-12-19(22)20(13-17)23-21(24)16-7-10-18(25-2)11-8-16/h3-13H,22H2,1-2H3,(H,23,24). The van der Waals surface area contributed by atoms with Gasteiger partial charge in [0.2, 0.25) is 0 Å². The number of hydrogen-bond donors (Lipinski definition) is 2. The van der Waals surface area contributed by atoms with Crippen molar-refractivity contribution >= 4 is 29.0 Å². The van der Waals surface area contributed by atoms with Gasteiger partial charge in [-0.3, -0.25) is 4.79 Å². The van der Waals surface area contributed by atoms with Crippen LogP contribution in [0.15, 0.2) is 71.6 Å². The molecule has 0 aliphatic heterocycles. The Labute approximate surface area is 152 Å². The van der Waals surface area contributed by atoms with E-state index in [0.717, 1.165) is 16.0 Å². The molecule has 0 heterocycles. The van der Waals surface area contributed by atoms with Gasteiger partial charge in [0.15, 0.2) is 0 Å². The molecule has 1 amide bonds. The summed E-state index contributed by atoms with van der Waals surface area (Å²) in [6.07, 6.45) is 2.01. The van der Waals surface area contributed by atoms with Gasteiger partial charge in [-0.05, 0) is 60.7 Å². The normalized spacial score (nSPS) is 10.5. The van der Waals surface area contributed by atoms with Gasteiger partial charge in [-0.1, -0.05) is 35.9 Å². The molecule has 0 radical (unpaired) electrons. The van der Waals surface area contributed by atoms with Crippen molar-refractivity contribution in [2.45, 2.75) is 11.8 Å². The van der Waals surface area contributed by atoms with Crippen molar-refractivity contribution in [3.63, 3.8) is 0 Å². The second-order valence-corrected chi connectivity index (χ2v) is 6.73. The lowest BCUT2D eigenvalue weighted by Gasteiger charge is -2.11. The predicted octanol–water partition coefficient (Wildman–Crippen LogP) is 5.22. The van der Waals surface area contributed by atoms with Crippen LogP contribution in [0.1, 0.15) is 15.9 Å². The quantitative estimate of drug-likeness (QED) is 0.502. The summed E-state index contributed by atoms with van der Waals surface area (Å²) in [5.41, 5.74) is 11.1. The molecule has 3 rings (SSSR count). The van der Waals surface area contributed by atoms with Crippen molar-refractivity contribution in [1.29, 1.82) is 0 Å². The molecule has 0 aromatic heterocycles. The summed E-state index contributed by atoms with van der Waals surface area (Å²) in [6.45, 7) is 2.06. The Morgan fingerprint density at radius 2 is 1.56 bits per heavy atom. The Balaban J connectivity index is 1.84. The van der Waals surface area contributed by atoms with Gasteiger partial charge in [0.05, 0.1) is 11.4 Å². The Morgan fingerprint density at radius 3 is 2.20 bits per heavy atom. The van der Waals surface area contributed by atoms with E-state index in [1.807, 2.05) is 48.7 Å². The van der Waals surface area contributed by atoms with Crippen molar-refractivity contribution in [2.24, 2.45) is 0 Å². The second kappa shape index (κ2) is 7.45. The Hall–Kier alpha value is -2.72. The fraction of sp³-hybridized carbons (Fsp3) is 0.0952. The van der Waals surface area contributed by atoms with Gasteiger partial charge in [-0.25, -0.2) is 0 Å². The molecule has 3 N–H and O–H groups in total. The molecule has 0 aliphatic carbocycles. The molecule has 0 fully saturated rings. The number of amides is 1. The van der Waals surface area contributed by atoms with Gasteiger partial charge >= 0.3 is 0 Å². The first-order valence-electron chi connectivity index (χ1n) is 7.99. The molecule has 0 saturated heterocycles. The Kier molecular flexibility index (Phi) is 5.10. The van der Waals surface area contributed by atoms with Crippen LogP contribution in [0.25, 0.3) is 11.1 Å². The molecule has 3 nitrogen and oxygen atoms in total. The van der Waals surface area contributed by atoms with Gasteiger partial charge in [0, 0.05) is 10.5 Å². The average molecular weight is 348 g/mol. The highest BCUT2D eigenvalue weighted by atomic mass is 32.2. The van der Waals surface area contributed by atoms with Crippen molar-refractivity contribution in [1.82, 2.24) is 0 Å². The maximum Gasteiger partial charge on any atom is 0.255 e. The van der Waals surface area contributed by atoms with E-state index in [1.165, 1.54) is 5.56 Å². The summed E-state index contributed by atoms with van der Waals surface area (Å²) in [5, 5.41) is 2.91. The average Bonchev–Trinajstić information content (AvgIpc) is 2.64. The Bertz CT molecular complexity index is 887. The van der Waals surface area contributed by atoms with Gasteiger partial charge in [0.1, 0.15) is 0 Å². The van der Waals surface area contributed by atoms with Crippen LogP contribution in [0.2, 0.25) is 0 Å². The molecular formula is C21H20N2OS. The minimum absolute atomic E-state index is 0.166. The number of thioether (sulfide) groups is 1. The predicted molar refractivity (Wildman–Crippen MR) is 107 cm³/mol. The largest absolute Gasteiger partial charge is 0.397 e. The number of anilines is 2. The summed E-state index contributed by atoms with van der Waals surface area (Å²) in [5.74, 6) is -0.166. The summed E-state index contributed by atoms with van der Waals surface area (Å²) in [7, 11) is 0. The highest BCUT2D eigenvalue weighted by Gasteiger charge is 2.09. The third kappa shape index (κ3) is 4.03. The van der Waals surface area contributed by atoms with E-state index in [0.29, 0.717) is 16.9 Å². The van der Waals surface area contributed by atoms with Crippen molar-refractivity contribution in [3.8, 4) is 11.1 Å². The minimum atomic E-state index is -0.166. The number of nitrogens with one attached hydrogen (secondary N) is 1. The molecule has 0 atom stereocenters. The van der Waals surface area contributed by atoms with Crippen LogP contribution in [-0.2, 0) is 0 Å². The second-order valence-electron chi connectivity index (χ2n) is 5.85. The maximum atomic E-state index is 12.5. The number of nitrogens with two attached hydrogens (primary N) is 1. The van der Waals surface area contributed by atoms with E-state index in [2.05, 4.69) is 36.5 Å². The molecule has 4 heteroatoms. The number of hydrogen-bond acceptors (Lipinski definition) is 3. The van der Waals surface area contributed by atoms with Crippen molar-refractivity contribution in [2.75, 3.05) is 17.3 Å². The van der Waals surface area contributed by atoms with Gasteiger partial charge in [0.25, 0.3) is 5.91 Å². The van der Waals surface area contributed by atoms with Crippen LogP contribution in [0, 0.1) is 6.92 Å². The Morgan fingerprint density at radius 1 is 0.920 bits per heavy atom. The zero-order chi connectivity index (χ0) is 17.8. The molecular weight excluding hydrogens is 328 g/mol. The van der Waals surface area contributed by atoms with E-state index >= 15 is 0 Å². The zero-order valence-electron chi connectivity index (χ0n) is 14.2. The molecule has 25 heavy (non-hydrogen) atoms. The molecule has 3 aromatic rings. The molecule has 0 bridgehead atoms. The van der Waals surface area contributed by atoms with E-state index in [9.17, 15) is 4.79 Å². The van der Waals surface area contributed by atoms with Gasteiger partial charge < -0.3 is 11.1 Å². The number of carbonyl (C=O) groups excluding carboxylic acids is 1. The van der Waals surface area contributed by atoms with Crippen LogP contribution in [-0.4, -0.2) is 12.2 Å². The zero-order valence-corrected chi connectivity index (χ0v) is 15.1. The lowest BCUT2D eigenvalue weighted by molar-refractivity contribution is 0.102. The topological polar surface area (TPSA) is 55.1 Å². The monoisotopic (exact) mass is 348 g/mol. The summed E-state index contributed by atoms with van der Waals surface area (Å²) in [4.78, 5) is 13.6. The fourth-order valence-electron chi connectivity index (χ4n) is 2.53. The number of aryl methyl sites for hydroxylation is 1. The van der Waals surface area contributed by atoms with Gasteiger partial charge in [-0.15, -0.1) is 11.8 Å². The smallest absolute Gasteiger partial charge is 0.255 e. The molecule has 126 valence electrons. The first kappa shape index (κ1) is 17.1. The lowest BCUT2D eigenvalue weighted by Crippen LogP contribution is -2.13. The van der Waals surface area contributed by atoms with Crippen LogP contribution >= 0.6 is 11.8 Å². The molecule has 0 spiro atoms. The summed E-state index contributed by atoms with van der Waals surface area (Å²) < 4.78 is 0. The lowest BCUT2D eigenvalue weighted by atomic mass is 10.0. The summed E-state index contributed by atoms with van der Waals surface area (Å²) in [6, 6.07) is 21.5. The number of rotatable bonds is 4. The minimum Gasteiger partial charge on any atom is -0.397 e. The molecule has 0 aliphatic rings. The van der Waals surface area contributed by atoms with Crippen LogP contribution in [0.4, 0.5) is 11.4 Å². The highest BCUT2D eigenvalue weighted by molar-refractivity contribution is 7.98. The third-order valence-corrected chi connectivity index (χ3v) is 4.78.